The first-order chi connectivity index (χ1) is 15.4. The molecule has 0 radical (unpaired) electrons. The van der Waals surface area contributed by atoms with Crippen LogP contribution < -0.4 is 10.6 Å². The molecule has 1 aliphatic carbocycles. The number of carbonyl (C=O) groups is 1. The van der Waals surface area contributed by atoms with Crippen LogP contribution in [0.5, 0.6) is 0 Å². The molecule has 176 valence electrons. The van der Waals surface area contributed by atoms with E-state index in [-0.39, 0.29) is 23.7 Å². The summed E-state index contributed by atoms with van der Waals surface area (Å²) in [4.78, 5) is 15.0. The minimum Gasteiger partial charge on any atom is -0.381 e. The molecular formula is C24H36N4O3S. The summed E-state index contributed by atoms with van der Waals surface area (Å²) in [6.45, 7) is 9.85. The molecule has 0 spiro atoms. The van der Waals surface area contributed by atoms with E-state index in [1.165, 1.54) is 0 Å². The normalized spacial score (nSPS) is 32.3. The number of hydrogen-bond acceptors (Lipinski definition) is 6. The second-order valence-electron chi connectivity index (χ2n) is 10.1. The van der Waals surface area contributed by atoms with Crippen LogP contribution in [0.15, 0.2) is 6.07 Å². The Morgan fingerprint density at radius 3 is 2.72 bits per heavy atom. The van der Waals surface area contributed by atoms with E-state index in [0.717, 1.165) is 85.6 Å². The molecule has 1 saturated carbocycles. The van der Waals surface area contributed by atoms with E-state index in [4.69, 9.17) is 14.6 Å². The largest absolute Gasteiger partial charge is 0.381 e. The zero-order valence-electron chi connectivity index (χ0n) is 19.5. The highest BCUT2D eigenvalue weighted by atomic mass is 32.1. The number of ether oxygens (including phenoxy) is 2. The zero-order chi connectivity index (χ0) is 22.3. The number of morpholine rings is 1. The SMILES string of the molecule is Cc1nn(C2CCOCC2)c2sc(C(=O)N[C@H]3CC[C@@H](C4(C)CNC[C@@H](C)O4)CC3)cc12. The summed E-state index contributed by atoms with van der Waals surface area (Å²) in [7, 11) is 0. The maximum atomic E-state index is 13.1. The molecule has 0 bridgehead atoms. The van der Waals surface area contributed by atoms with Gasteiger partial charge in [-0.05, 0) is 71.3 Å². The van der Waals surface area contributed by atoms with Gasteiger partial charge in [-0.1, -0.05) is 0 Å². The lowest BCUT2D eigenvalue weighted by molar-refractivity contribution is -0.137. The summed E-state index contributed by atoms with van der Waals surface area (Å²) in [6, 6.07) is 2.64. The quantitative estimate of drug-likeness (QED) is 0.726. The summed E-state index contributed by atoms with van der Waals surface area (Å²) in [5.41, 5.74) is 0.914. The predicted molar refractivity (Wildman–Crippen MR) is 126 cm³/mol. The van der Waals surface area contributed by atoms with E-state index in [1.54, 1.807) is 11.3 Å². The number of fused-ring (bicyclic) bond motifs is 1. The first-order valence-electron chi connectivity index (χ1n) is 12.2. The summed E-state index contributed by atoms with van der Waals surface area (Å²) in [5.74, 6) is 0.603. The molecule has 32 heavy (non-hydrogen) atoms. The van der Waals surface area contributed by atoms with E-state index in [9.17, 15) is 4.79 Å². The molecule has 2 saturated heterocycles. The highest BCUT2D eigenvalue weighted by molar-refractivity contribution is 7.20. The van der Waals surface area contributed by atoms with Crippen LogP contribution in [-0.4, -0.2) is 59.7 Å². The van der Waals surface area contributed by atoms with Crippen molar-refractivity contribution < 1.29 is 14.3 Å². The Balaban J connectivity index is 1.22. The summed E-state index contributed by atoms with van der Waals surface area (Å²) < 4.78 is 14.0. The van der Waals surface area contributed by atoms with Gasteiger partial charge in [-0.25, -0.2) is 0 Å². The van der Waals surface area contributed by atoms with Crippen molar-refractivity contribution in [3.05, 3.63) is 16.6 Å². The first-order valence-corrected chi connectivity index (χ1v) is 13.0. The fourth-order valence-electron chi connectivity index (χ4n) is 5.77. The van der Waals surface area contributed by atoms with E-state index >= 15 is 0 Å². The standard InChI is InChI=1S/C24H36N4O3S/c1-15-13-25-14-24(3,31-15)17-4-6-18(7-5-17)26-22(29)21-12-20-16(2)27-28(23(20)32-21)19-8-10-30-11-9-19/h12,15,17-19,25H,4-11,13-14H2,1-3H3,(H,26,29)/t15-,17-,18+,24?/m1/s1. The number of carbonyl (C=O) groups excluding carboxylic acids is 1. The van der Waals surface area contributed by atoms with Crippen LogP contribution in [0.25, 0.3) is 10.2 Å². The topological polar surface area (TPSA) is 77.4 Å². The molecule has 2 atom stereocenters. The Morgan fingerprint density at radius 1 is 1.25 bits per heavy atom. The average molecular weight is 461 g/mol. The third kappa shape index (κ3) is 4.34. The van der Waals surface area contributed by atoms with Crippen LogP contribution in [0, 0.1) is 12.8 Å². The number of rotatable bonds is 4. The van der Waals surface area contributed by atoms with Gasteiger partial charge < -0.3 is 20.1 Å². The molecule has 0 aromatic carbocycles. The molecule has 7 nitrogen and oxygen atoms in total. The van der Waals surface area contributed by atoms with Crippen LogP contribution in [-0.2, 0) is 9.47 Å². The molecule has 4 heterocycles. The summed E-state index contributed by atoms with van der Waals surface area (Å²) >= 11 is 1.58. The second kappa shape index (κ2) is 9.05. The van der Waals surface area contributed by atoms with Gasteiger partial charge in [0.05, 0.1) is 28.3 Å². The van der Waals surface area contributed by atoms with Gasteiger partial charge in [-0.3, -0.25) is 9.48 Å². The molecule has 5 rings (SSSR count). The zero-order valence-corrected chi connectivity index (χ0v) is 20.3. The van der Waals surface area contributed by atoms with Crippen molar-refractivity contribution in [2.24, 2.45) is 5.92 Å². The minimum absolute atomic E-state index is 0.0583. The van der Waals surface area contributed by atoms with Gasteiger partial charge in [0.15, 0.2) is 0 Å². The fraction of sp³-hybridized carbons (Fsp3) is 0.750. The smallest absolute Gasteiger partial charge is 0.261 e. The molecule has 2 N–H and O–H groups in total. The molecule has 2 aromatic heterocycles. The molecule has 1 unspecified atom stereocenters. The first kappa shape index (κ1) is 22.3. The maximum Gasteiger partial charge on any atom is 0.261 e. The summed E-state index contributed by atoms with van der Waals surface area (Å²) in [6.07, 6.45) is 6.46. The van der Waals surface area contributed by atoms with Crippen molar-refractivity contribution in [3.8, 4) is 0 Å². The van der Waals surface area contributed by atoms with Crippen molar-refractivity contribution in [3.63, 3.8) is 0 Å². The molecule has 8 heteroatoms. The Kier molecular flexibility index (Phi) is 6.31. The molecule has 3 aliphatic rings. The lowest BCUT2D eigenvalue weighted by atomic mass is 9.75. The van der Waals surface area contributed by atoms with Gasteiger partial charge in [0.2, 0.25) is 0 Å². The average Bonchev–Trinajstić information content (AvgIpc) is 3.35. The number of aryl methyl sites for hydroxylation is 1. The van der Waals surface area contributed by atoms with Gasteiger partial charge in [-0.2, -0.15) is 5.10 Å². The fourth-order valence-corrected chi connectivity index (χ4v) is 6.91. The Bertz CT molecular complexity index is 958. The van der Waals surface area contributed by atoms with Crippen LogP contribution in [0.4, 0.5) is 0 Å². The highest BCUT2D eigenvalue weighted by Crippen LogP contribution is 2.37. The Labute approximate surface area is 194 Å². The van der Waals surface area contributed by atoms with Crippen LogP contribution in [0.3, 0.4) is 0 Å². The van der Waals surface area contributed by atoms with Crippen molar-refractivity contribution in [1.29, 1.82) is 0 Å². The van der Waals surface area contributed by atoms with Crippen LogP contribution in [0.1, 0.15) is 73.8 Å². The number of hydrogen-bond donors (Lipinski definition) is 2. The van der Waals surface area contributed by atoms with Crippen molar-refractivity contribution in [2.45, 2.75) is 83.1 Å². The molecule has 2 aliphatic heterocycles. The lowest BCUT2D eigenvalue weighted by Crippen LogP contribution is -2.56. The van der Waals surface area contributed by atoms with Crippen LogP contribution in [0.2, 0.25) is 0 Å². The van der Waals surface area contributed by atoms with Gasteiger partial charge >= 0.3 is 0 Å². The lowest BCUT2D eigenvalue weighted by Gasteiger charge is -2.46. The van der Waals surface area contributed by atoms with Crippen LogP contribution >= 0.6 is 11.3 Å². The number of nitrogens with zero attached hydrogens (tertiary/aromatic N) is 2. The second-order valence-corrected chi connectivity index (χ2v) is 11.1. The molecule has 3 fully saturated rings. The maximum absolute atomic E-state index is 13.1. The number of nitrogens with one attached hydrogen (secondary N) is 2. The van der Waals surface area contributed by atoms with Gasteiger partial charge in [0.25, 0.3) is 5.91 Å². The third-order valence-corrected chi connectivity index (χ3v) is 8.76. The minimum atomic E-state index is -0.0916. The number of thiophene rings is 1. The Morgan fingerprint density at radius 2 is 2.00 bits per heavy atom. The van der Waals surface area contributed by atoms with Gasteiger partial charge in [0, 0.05) is 37.7 Å². The molecule has 1 amide bonds. The third-order valence-electron chi connectivity index (χ3n) is 7.63. The van der Waals surface area contributed by atoms with E-state index in [2.05, 4.69) is 29.2 Å². The number of aromatic nitrogens is 2. The number of amides is 1. The van der Waals surface area contributed by atoms with Crippen molar-refractivity contribution >= 4 is 27.5 Å². The molecular weight excluding hydrogens is 424 g/mol. The van der Waals surface area contributed by atoms with Crippen molar-refractivity contribution in [2.75, 3.05) is 26.3 Å². The van der Waals surface area contributed by atoms with E-state index < -0.39 is 0 Å². The van der Waals surface area contributed by atoms with E-state index in [1.807, 2.05) is 13.0 Å². The van der Waals surface area contributed by atoms with Crippen molar-refractivity contribution in [1.82, 2.24) is 20.4 Å². The summed E-state index contributed by atoms with van der Waals surface area (Å²) in [5, 5.41) is 12.7. The van der Waals surface area contributed by atoms with Gasteiger partial charge in [0.1, 0.15) is 4.83 Å². The predicted octanol–water partition coefficient (Wildman–Crippen LogP) is 3.81. The van der Waals surface area contributed by atoms with E-state index in [0.29, 0.717) is 12.0 Å². The molecule has 2 aromatic rings. The highest BCUT2D eigenvalue weighted by Gasteiger charge is 2.40. The Hall–Kier alpha value is -1.48. The monoisotopic (exact) mass is 460 g/mol. The van der Waals surface area contributed by atoms with Gasteiger partial charge in [-0.15, -0.1) is 11.3 Å².